The molecule has 16 heavy (non-hydrogen) atoms. The topological polar surface area (TPSA) is 43.8 Å². The molecule has 3 heteroatoms. The Morgan fingerprint density at radius 1 is 1.50 bits per heavy atom. The van der Waals surface area contributed by atoms with Gasteiger partial charge in [-0.05, 0) is 25.2 Å². The maximum atomic E-state index is 6.28. The van der Waals surface area contributed by atoms with Gasteiger partial charge in [-0.15, -0.1) is 0 Å². The van der Waals surface area contributed by atoms with E-state index < -0.39 is 0 Å². The van der Waals surface area contributed by atoms with Crippen molar-refractivity contribution in [3.05, 3.63) is 18.2 Å². The molecule has 1 aliphatic carbocycles. The lowest BCUT2D eigenvalue weighted by Gasteiger charge is -2.18. The van der Waals surface area contributed by atoms with Crippen LogP contribution < -0.4 is 5.73 Å². The van der Waals surface area contributed by atoms with Gasteiger partial charge in [-0.2, -0.15) is 0 Å². The first-order valence-electron chi connectivity index (χ1n) is 6.57. The molecule has 0 radical (unpaired) electrons. The third-order valence-electron chi connectivity index (χ3n) is 3.69. The van der Waals surface area contributed by atoms with E-state index in [4.69, 9.17) is 5.73 Å². The molecule has 1 fully saturated rings. The Hall–Kier alpha value is -0.830. The molecule has 1 unspecified atom stereocenters. The predicted molar refractivity (Wildman–Crippen MR) is 66.2 cm³/mol. The molecule has 0 bridgehead atoms. The van der Waals surface area contributed by atoms with Crippen LogP contribution in [0.15, 0.2) is 12.4 Å². The van der Waals surface area contributed by atoms with Crippen molar-refractivity contribution in [3.63, 3.8) is 0 Å². The van der Waals surface area contributed by atoms with Crippen LogP contribution in [-0.4, -0.2) is 15.6 Å². The van der Waals surface area contributed by atoms with Gasteiger partial charge in [-0.3, -0.25) is 0 Å². The number of aryl methyl sites for hydroxylation is 1. The number of imidazole rings is 1. The van der Waals surface area contributed by atoms with Crippen LogP contribution in [0.4, 0.5) is 0 Å². The molecule has 1 aromatic rings. The number of nitrogens with zero attached hydrogens (tertiary/aromatic N) is 2. The SMILES string of the molecule is CCCn1ccnc1CC(N)C1CCCC1. The molecule has 0 aliphatic heterocycles. The summed E-state index contributed by atoms with van der Waals surface area (Å²) in [6, 6.07) is 0.306. The van der Waals surface area contributed by atoms with Crippen LogP contribution in [0.2, 0.25) is 0 Å². The molecule has 2 N–H and O–H groups in total. The van der Waals surface area contributed by atoms with Crippen molar-refractivity contribution < 1.29 is 0 Å². The van der Waals surface area contributed by atoms with E-state index in [1.807, 2.05) is 6.20 Å². The van der Waals surface area contributed by atoms with Crippen molar-refractivity contribution in [2.45, 2.75) is 58.0 Å². The number of hydrogen-bond donors (Lipinski definition) is 1. The highest BCUT2D eigenvalue weighted by atomic mass is 15.1. The van der Waals surface area contributed by atoms with E-state index in [0.717, 1.165) is 25.3 Å². The van der Waals surface area contributed by atoms with Gasteiger partial charge in [0.15, 0.2) is 0 Å². The lowest BCUT2D eigenvalue weighted by molar-refractivity contribution is 0.417. The second kappa shape index (κ2) is 5.48. The van der Waals surface area contributed by atoms with E-state index in [-0.39, 0.29) is 0 Å². The summed E-state index contributed by atoms with van der Waals surface area (Å²) in [7, 11) is 0. The third kappa shape index (κ3) is 2.64. The fourth-order valence-corrected chi connectivity index (χ4v) is 2.74. The largest absolute Gasteiger partial charge is 0.335 e. The minimum absolute atomic E-state index is 0.306. The quantitative estimate of drug-likeness (QED) is 0.829. The fourth-order valence-electron chi connectivity index (χ4n) is 2.74. The Balaban J connectivity index is 1.94. The van der Waals surface area contributed by atoms with Crippen LogP contribution in [-0.2, 0) is 13.0 Å². The van der Waals surface area contributed by atoms with Gasteiger partial charge >= 0.3 is 0 Å². The van der Waals surface area contributed by atoms with Crippen molar-refractivity contribution in [1.29, 1.82) is 0 Å². The Morgan fingerprint density at radius 2 is 2.25 bits per heavy atom. The molecule has 2 rings (SSSR count). The summed E-state index contributed by atoms with van der Waals surface area (Å²) in [6.07, 6.45) is 11.4. The van der Waals surface area contributed by atoms with Gasteiger partial charge in [-0.1, -0.05) is 19.8 Å². The first-order chi connectivity index (χ1) is 7.81. The smallest absolute Gasteiger partial charge is 0.110 e. The first-order valence-corrected chi connectivity index (χ1v) is 6.57. The standard InChI is InChI=1S/C13H23N3/c1-2-8-16-9-7-15-13(16)10-12(14)11-5-3-4-6-11/h7,9,11-12H,2-6,8,10,14H2,1H3. The minimum Gasteiger partial charge on any atom is -0.335 e. The fraction of sp³-hybridized carbons (Fsp3) is 0.769. The van der Waals surface area contributed by atoms with Crippen molar-refractivity contribution in [2.24, 2.45) is 11.7 Å². The molecule has 0 aromatic carbocycles. The van der Waals surface area contributed by atoms with Gasteiger partial charge in [0.25, 0.3) is 0 Å². The van der Waals surface area contributed by atoms with Gasteiger partial charge in [0.1, 0.15) is 5.82 Å². The minimum atomic E-state index is 0.306. The van der Waals surface area contributed by atoms with Crippen molar-refractivity contribution >= 4 is 0 Å². The summed E-state index contributed by atoms with van der Waals surface area (Å²) < 4.78 is 2.24. The second-order valence-electron chi connectivity index (χ2n) is 4.95. The van der Waals surface area contributed by atoms with E-state index in [1.54, 1.807) is 0 Å². The van der Waals surface area contributed by atoms with Gasteiger partial charge in [-0.25, -0.2) is 4.98 Å². The van der Waals surface area contributed by atoms with Crippen LogP contribution in [0.3, 0.4) is 0 Å². The molecule has 0 amide bonds. The van der Waals surface area contributed by atoms with E-state index in [2.05, 4.69) is 22.7 Å². The number of rotatable bonds is 5. The lowest BCUT2D eigenvalue weighted by Crippen LogP contribution is -2.31. The van der Waals surface area contributed by atoms with Crippen molar-refractivity contribution in [3.8, 4) is 0 Å². The maximum Gasteiger partial charge on any atom is 0.110 e. The van der Waals surface area contributed by atoms with E-state index >= 15 is 0 Å². The number of nitrogens with two attached hydrogens (primary N) is 1. The molecule has 0 saturated heterocycles. The average Bonchev–Trinajstić information content (AvgIpc) is 2.90. The van der Waals surface area contributed by atoms with Crippen LogP contribution in [0.25, 0.3) is 0 Å². The Morgan fingerprint density at radius 3 is 2.94 bits per heavy atom. The van der Waals surface area contributed by atoms with Crippen LogP contribution in [0.5, 0.6) is 0 Å². The highest BCUT2D eigenvalue weighted by Gasteiger charge is 2.23. The van der Waals surface area contributed by atoms with E-state index in [9.17, 15) is 0 Å². The summed E-state index contributed by atoms with van der Waals surface area (Å²) in [5, 5.41) is 0. The molecular weight excluding hydrogens is 198 g/mol. The van der Waals surface area contributed by atoms with Crippen LogP contribution >= 0.6 is 0 Å². The first kappa shape index (κ1) is 11.6. The Kier molecular flexibility index (Phi) is 3.99. The monoisotopic (exact) mass is 221 g/mol. The summed E-state index contributed by atoms with van der Waals surface area (Å²) in [4.78, 5) is 4.43. The zero-order valence-electron chi connectivity index (χ0n) is 10.2. The average molecular weight is 221 g/mol. The van der Waals surface area contributed by atoms with Crippen LogP contribution in [0, 0.1) is 5.92 Å². The summed E-state index contributed by atoms with van der Waals surface area (Å²) in [5.74, 6) is 1.90. The third-order valence-corrected chi connectivity index (χ3v) is 3.69. The van der Waals surface area contributed by atoms with Crippen molar-refractivity contribution in [1.82, 2.24) is 9.55 Å². The molecule has 1 heterocycles. The van der Waals surface area contributed by atoms with Gasteiger partial charge < -0.3 is 10.3 Å². The molecule has 1 saturated carbocycles. The van der Waals surface area contributed by atoms with Gasteiger partial charge in [0, 0.05) is 31.4 Å². The van der Waals surface area contributed by atoms with E-state index in [0.29, 0.717) is 6.04 Å². The van der Waals surface area contributed by atoms with Crippen molar-refractivity contribution in [2.75, 3.05) is 0 Å². The maximum absolute atomic E-state index is 6.28. The number of hydrogen-bond acceptors (Lipinski definition) is 2. The predicted octanol–water partition coefficient (Wildman–Crippen LogP) is 2.35. The van der Waals surface area contributed by atoms with Gasteiger partial charge in [0.2, 0.25) is 0 Å². The normalized spacial score (nSPS) is 19.1. The molecule has 1 aromatic heterocycles. The molecule has 1 atom stereocenters. The van der Waals surface area contributed by atoms with E-state index in [1.165, 1.54) is 31.5 Å². The molecule has 90 valence electrons. The molecule has 1 aliphatic rings. The Labute approximate surface area is 98.1 Å². The highest BCUT2D eigenvalue weighted by Crippen LogP contribution is 2.27. The molecule has 3 nitrogen and oxygen atoms in total. The Bertz CT molecular complexity index is 313. The number of aromatic nitrogens is 2. The summed E-state index contributed by atoms with van der Waals surface area (Å²) in [6.45, 7) is 3.26. The summed E-state index contributed by atoms with van der Waals surface area (Å²) >= 11 is 0. The molecular formula is C13H23N3. The summed E-state index contributed by atoms with van der Waals surface area (Å²) in [5.41, 5.74) is 6.28. The second-order valence-corrected chi connectivity index (χ2v) is 4.95. The van der Waals surface area contributed by atoms with Gasteiger partial charge in [0.05, 0.1) is 0 Å². The highest BCUT2D eigenvalue weighted by molar-refractivity contribution is 4.97. The zero-order valence-corrected chi connectivity index (χ0v) is 10.2. The van der Waals surface area contributed by atoms with Crippen LogP contribution in [0.1, 0.15) is 44.9 Å². The lowest BCUT2D eigenvalue weighted by atomic mass is 9.96. The zero-order chi connectivity index (χ0) is 11.4. The molecule has 0 spiro atoms.